The van der Waals surface area contributed by atoms with Crippen molar-refractivity contribution in [2.24, 2.45) is 5.73 Å². The van der Waals surface area contributed by atoms with Crippen LogP contribution in [0.1, 0.15) is 19.3 Å². The Morgan fingerprint density at radius 2 is 2.08 bits per heavy atom. The molecule has 1 heterocycles. The van der Waals surface area contributed by atoms with E-state index in [2.05, 4.69) is 0 Å². The van der Waals surface area contributed by atoms with Gasteiger partial charge in [0.2, 0.25) is 0 Å². The first-order valence-corrected chi connectivity index (χ1v) is 4.43. The van der Waals surface area contributed by atoms with Gasteiger partial charge in [-0.25, -0.2) is 0 Å². The minimum absolute atomic E-state index is 0.333. The van der Waals surface area contributed by atoms with E-state index in [1.165, 1.54) is 0 Å². The van der Waals surface area contributed by atoms with Crippen LogP contribution < -0.4 is 5.73 Å². The van der Waals surface area contributed by atoms with Crippen molar-refractivity contribution < 1.29 is 13.2 Å². The summed E-state index contributed by atoms with van der Waals surface area (Å²) < 4.78 is 36.3. The van der Waals surface area contributed by atoms with Gasteiger partial charge >= 0.3 is 6.18 Å². The number of alkyl halides is 3. The SMILES string of the molecule is CN1CCCC(N)C1CC(F)(F)F. The van der Waals surface area contributed by atoms with Gasteiger partial charge in [0, 0.05) is 12.1 Å². The number of likely N-dealkylation sites (N-methyl/N-ethyl adjacent to an activating group) is 1. The molecule has 5 heteroatoms. The summed E-state index contributed by atoms with van der Waals surface area (Å²) in [6, 6.07) is -0.867. The Morgan fingerprint density at radius 1 is 1.46 bits per heavy atom. The van der Waals surface area contributed by atoms with E-state index < -0.39 is 18.6 Å². The average molecular weight is 196 g/mol. The van der Waals surface area contributed by atoms with E-state index in [0.29, 0.717) is 13.0 Å². The Labute approximate surface area is 75.9 Å². The largest absolute Gasteiger partial charge is 0.390 e. The Bertz CT molecular complexity index is 159. The van der Waals surface area contributed by atoms with Crippen LogP contribution in [-0.4, -0.2) is 36.8 Å². The molecule has 2 atom stereocenters. The normalized spacial score (nSPS) is 32.1. The van der Waals surface area contributed by atoms with Crippen LogP contribution in [0.5, 0.6) is 0 Å². The molecule has 0 aromatic carbocycles. The molecule has 0 aliphatic carbocycles. The van der Waals surface area contributed by atoms with Crippen LogP contribution in [0.15, 0.2) is 0 Å². The Morgan fingerprint density at radius 3 is 2.54 bits per heavy atom. The van der Waals surface area contributed by atoms with Crippen LogP contribution >= 0.6 is 0 Å². The number of nitrogens with two attached hydrogens (primary N) is 1. The minimum atomic E-state index is -4.10. The quantitative estimate of drug-likeness (QED) is 0.686. The summed E-state index contributed by atoms with van der Waals surface area (Å²) in [5, 5.41) is 0. The van der Waals surface area contributed by atoms with Crippen molar-refractivity contribution in [1.29, 1.82) is 0 Å². The minimum Gasteiger partial charge on any atom is -0.326 e. The first-order chi connectivity index (χ1) is 5.90. The van der Waals surface area contributed by atoms with E-state index >= 15 is 0 Å². The van der Waals surface area contributed by atoms with Crippen LogP contribution in [0.4, 0.5) is 13.2 Å². The Kier molecular flexibility index (Phi) is 3.18. The lowest BCUT2D eigenvalue weighted by molar-refractivity contribution is -0.150. The maximum atomic E-state index is 12.1. The number of piperidine rings is 1. The summed E-state index contributed by atoms with van der Waals surface area (Å²) in [5.74, 6) is 0. The monoisotopic (exact) mass is 196 g/mol. The lowest BCUT2D eigenvalue weighted by atomic mass is 9.95. The van der Waals surface area contributed by atoms with Crippen molar-refractivity contribution in [1.82, 2.24) is 4.90 Å². The van der Waals surface area contributed by atoms with E-state index in [4.69, 9.17) is 5.73 Å². The van der Waals surface area contributed by atoms with Crippen LogP contribution in [0.2, 0.25) is 0 Å². The third-order valence-corrected chi connectivity index (χ3v) is 2.55. The molecule has 2 unspecified atom stereocenters. The van der Waals surface area contributed by atoms with Crippen LogP contribution in [0.3, 0.4) is 0 Å². The summed E-state index contributed by atoms with van der Waals surface area (Å²) in [7, 11) is 1.70. The van der Waals surface area contributed by atoms with Crippen molar-refractivity contribution in [3.05, 3.63) is 0 Å². The zero-order valence-electron chi connectivity index (χ0n) is 7.64. The third-order valence-electron chi connectivity index (χ3n) is 2.55. The number of hydrogen-bond donors (Lipinski definition) is 1. The van der Waals surface area contributed by atoms with Gasteiger partial charge in [-0.15, -0.1) is 0 Å². The highest BCUT2D eigenvalue weighted by atomic mass is 19.4. The molecule has 1 aliphatic heterocycles. The molecule has 1 aliphatic rings. The molecule has 0 radical (unpaired) electrons. The zero-order valence-corrected chi connectivity index (χ0v) is 7.64. The van der Waals surface area contributed by atoms with Gasteiger partial charge in [-0.1, -0.05) is 0 Å². The lowest BCUT2D eigenvalue weighted by Gasteiger charge is -2.37. The summed E-state index contributed by atoms with van der Waals surface area (Å²) in [6.07, 6.45) is -3.30. The summed E-state index contributed by atoms with van der Waals surface area (Å²) >= 11 is 0. The number of nitrogens with zero attached hydrogens (tertiary/aromatic N) is 1. The second kappa shape index (κ2) is 3.84. The first-order valence-electron chi connectivity index (χ1n) is 4.43. The number of halogens is 3. The standard InChI is InChI=1S/C8H15F3N2/c1-13-4-2-3-6(12)7(13)5-8(9,10)11/h6-7H,2-5,12H2,1H3. The van der Waals surface area contributed by atoms with Crippen LogP contribution in [-0.2, 0) is 0 Å². The second-order valence-electron chi connectivity index (χ2n) is 3.67. The van der Waals surface area contributed by atoms with E-state index in [1.807, 2.05) is 0 Å². The molecule has 2 nitrogen and oxygen atoms in total. The highest BCUT2D eigenvalue weighted by molar-refractivity contribution is 4.86. The predicted octanol–water partition coefficient (Wildman–Crippen LogP) is 1.36. The van der Waals surface area contributed by atoms with Gasteiger partial charge in [-0.3, -0.25) is 0 Å². The Balaban J connectivity index is 2.54. The molecular formula is C8H15F3N2. The van der Waals surface area contributed by atoms with Gasteiger partial charge in [0.15, 0.2) is 0 Å². The number of likely N-dealkylation sites (tertiary alicyclic amines) is 1. The molecule has 13 heavy (non-hydrogen) atoms. The molecule has 78 valence electrons. The molecule has 0 aromatic rings. The van der Waals surface area contributed by atoms with Gasteiger partial charge in [0.05, 0.1) is 6.42 Å². The second-order valence-corrected chi connectivity index (χ2v) is 3.67. The third kappa shape index (κ3) is 3.15. The summed E-state index contributed by atoms with van der Waals surface area (Å²) in [4.78, 5) is 1.71. The maximum Gasteiger partial charge on any atom is 0.390 e. The van der Waals surface area contributed by atoms with Crippen molar-refractivity contribution in [2.75, 3.05) is 13.6 Å². The van der Waals surface area contributed by atoms with Gasteiger partial charge in [0.1, 0.15) is 0 Å². The fraction of sp³-hybridized carbons (Fsp3) is 1.00. The molecular weight excluding hydrogens is 181 g/mol. The number of rotatable bonds is 1. The fourth-order valence-electron chi connectivity index (χ4n) is 1.81. The van der Waals surface area contributed by atoms with Gasteiger partial charge in [0.25, 0.3) is 0 Å². The van der Waals surface area contributed by atoms with Gasteiger partial charge in [-0.05, 0) is 26.4 Å². The van der Waals surface area contributed by atoms with Crippen LogP contribution in [0.25, 0.3) is 0 Å². The number of hydrogen-bond acceptors (Lipinski definition) is 2. The highest BCUT2D eigenvalue weighted by Crippen LogP contribution is 2.27. The summed E-state index contributed by atoms with van der Waals surface area (Å²) in [6.45, 7) is 0.717. The molecule has 0 spiro atoms. The fourth-order valence-corrected chi connectivity index (χ4v) is 1.81. The van der Waals surface area contributed by atoms with E-state index in [0.717, 1.165) is 6.42 Å². The molecule has 0 bridgehead atoms. The molecule has 1 saturated heterocycles. The first kappa shape index (κ1) is 10.8. The van der Waals surface area contributed by atoms with Crippen molar-refractivity contribution in [3.8, 4) is 0 Å². The maximum absolute atomic E-state index is 12.1. The van der Waals surface area contributed by atoms with Gasteiger partial charge < -0.3 is 10.6 Å². The molecule has 1 fully saturated rings. The molecule has 0 amide bonds. The average Bonchev–Trinajstić information content (AvgIpc) is 1.95. The topological polar surface area (TPSA) is 29.3 Å². The summed E-state index contributed by atoms with van der Waals surface area (Å²) in [5.41, 5.74) is 5.63. The van der Waals surface area contributed by atoms with Crippen LogP contribution in [0, 0.1) is 0 Å². The smallest absolute Gasteiger partial charge is 0.326 e. The molecule has 0 saturated carbocycles. The Hall–Kier alpha value is -0.290. The highest BCUT2D eigenvalue weighted by Gasteiger charge is 2.37. The van der Waals surface area contributed by atoms with Crippen molar-refractivity contribution >= 4 is 0 Å². The van der Waals surface area contributed by atoms with E-state index in [-0.39, 0.29) is 6.04 Å². The van der Waals surface area contributed by atoms with E-state index in [1.54, 1.807) is 11.9 Å². The lowest BCUT2D eigenvalue weighted by Crippen LogP contribution is -2.51. The van der Waals surface area contributed by atoms with Crippen molar-refractivity contribution in [2.45, 2.75) is 37.5 Å². The molecule has 0 aromatic heterocycles. The molecule has 1 rings (SSSR count). The molecule has 2 N–H and O–H groups in total. The van der Waals surface area contributed by atoms with Gasteiger partial charge in [-0.2, -0.15) is 13.2 Å². The van der Waals surface area contributed by atoms with Crippen molar-refractivity contribution in [3.63, 3.8) is 0 Å². The zero-order chi connectivity index (χ0) is 10.1. The van der Waals surface area contributed by atoms with E-state index in [9.17, 15) is 13.2 Å². The predicted molar refractivity (Wildman–Crippen MR) is 44.3 cm³/mol.